The van der Waals surface area contributed by atoms with Crippen molar-refractivity contribution in [1.82, 2.24) is 9.97 Å². The van der Waals surface area contributed by atoms with Gasteiger partial charge in [0.05, 0.1) is 10.7 Å². The average Bonchev–Trinajstić information content (AvgIpc) is 2.37. The van der Waals surface area contributed by atoms with Crippen LogP contribution in [-0.4, -0.2) is 9.97 Å². The quantitative estimate of drug-likeness (QED) is 0.757. The van der Waals surface area contributed by atoms with Gasteiger partial charge in [0.15, 0.2) is 0 Å². The number of aryl methyl sites for hydroxylation is 1. The van der Waals surface area contributed by atoms with Gasteiger partial charge < -0.3 is 0 Å². The SMILES string of the molecule is CCCc1nc(Cl)c(C)c(-c2ccc(F)c(Cl)c2)n1. The Morgan fingerprint density at radius 1 is 1.21 bits per heavy atom. The molecule has 0 atom stereocenters. The molecule has 0 saturated heterocycles. The minimum atomic E-state index is -0.447. The third-order valence-electron chi connectivity index (χ3n) is 2.80. The first-order chi connectivity index (χ1) is 9.02. The molecule has 0 amide bonds. The molecular weight excluding hydrogens is 286 g/mol. The van der Waals surface area contributed by atoms with Gasteiger partial charge in [-0.3, -0.25) is 0 Å². The average molecular weight is 299 g/mol. The largest absolute Gasteiger partial charge is 0.233 e. The summed E-state index contributed by atoms with van der Waals surface area (Å²) in [5.41, 5.74) is 2.21. The second kappa shape index (κ2) is 5.85. The van der Waals surface area contributed by atoms with Crippen molar-refractivity contribution < 1.29 is 4.39 Å². The van der Waals surface area contributed by atoms with Crippen molar-refractivity contribution in [3.8, 4) is 11.3 Å². The Kier molecular flexibility index (Phi) is 4.38. The second-order valence-corrected chi connectivity index (χ2v) is 5.05. The lowest BCUT2D eigenvalue weighted by Gasteiger charge is -2.09. The predicted molar refractivity (Wildman–Crippen MR) is 76.2 cm³/mol. The Labute approximate surface area is 121 Å². The summed E-state index contributed by atoms with van der Waals surface area (Å²) in [6.07, 6.45) is 1.69. The molecule has 0 bridgehead atoms. The van der Waals surface area contributed by atoms with E-state index in [-0.39, 0.29) is 5.02 Å². The van der Waals surface area contributed by atoms with Gasteiger partial charge in [-0.2, -0.15) is 0 Å². The van der Waals surface area contributed by atoms with Gasteiger partial charge >= 0.3 is 0 Å². The highest BCUT2D eigenvalue weighted by Gasteiger charge is 2.12. The molecule has 0 radical (unpaired) electrons. The maximum atomic E-state index is 13.2. The fourth-order valence-electron chi connectivity index (χ4n) is 1.79. The number of nitrogens with zero attached hydrogens (tertiary/aromatic N) is 2. The van der Waals surface area contributed by atoms with Crippen LogP contribution < -0.4 is 0 Å². The molecule has 1 aromatic heterocycles. The molecule has 0 saturated carbocycles. The zero-order chi connectivity index (χ0) is 14.0. The van der Waals surface area contributed by atoms with Crippen molar-refractivity contribution in [3.63, 3.8) is 0 Å². The van der Waals surface area contributed by atoms with E-state index in [1.54, 1.807) is 12.1 Å². The van der Waals surface area contributed by atoms with Crippen LogP contribution in [0.25, 0.3) is 11.3 Å². The minimum Gasteiger partial charge on any atom is -0.233 e. The van der Waals surface area contributed by atoms with E-state index < -0.39 is 5.82 Å². The highest BCUT2D eigenvalue weighted by Crippen LogP contribution is 2.28. The third-order valence-corrected chi connectivity index (χ3v) is 3.46. The normalized spacial score (nSPS) is 10.8. The molecule has 0 aliphatic rings. The van der Waals surface area contributed by atoms with Gasteiger partial charge in [-0.25, -0.2) is 14.4 Å². The van der Waals surface area contributed by atoms with Gasteiger partial charge in [-0.15, -0.1) is 0 Å². The molecular formula is C14H13Cl2FN2. The molecule has 0 N–H and O–H groups in total. The van der Waals surface area contributed by atoms with E-state index in [0.717, 1.165) is 24.0 Å². The first-order valence-corrected chi connectivity index (χ1v) is 6.77. The summed E-state index contributed by atoms with van der Waals surface area (Å²) in [6, 6.07) is 4.52. The zero-order valence-corrected chi connectivity index (χ0v) is 12.2. The van der Waals surface area contributed by atoms with Gasteiger partial charge in [0.25, 0.3) is 0 Å². The Morgan fingerprint density at radius 2 is 1.95 bits per heavy atom. The summed E-state index contributed by atoms with van der Waals surface area (Å²) in [4.78, 5) is 8.72. The lowest BCUT2D eigenvalue weighted by molar-refractivity contribution is 0.628. The molecule has 2 nitrogen and oxygen atoms in total. The van der Waals surface area contributed by atoms with Crippen molar-refractivity contribution in [2.24, 2.45) is 0 Å². The molecule has 1 heterocycles. The molecule has 0 aliphatic carbocycles. The van der Waals surface area contributed by atoms with Crippen molar-refractivity contribution in [2.45, 2.75) is 26.7 Å². The van der Waals surface area contributed by atoms with Gasteiger partial charge in [0.1, 0.15) is 16.8 Å². The second-order valence-electron chi connectivity index (χ2n) is 4.28. The minimum absolute atomic E-state index is 0.0728. The van der Waals surface area contributed by atoms with E-state index in [1.807, 2.05) is 13.8 Å². The molecule has 0 spiro atoms. The summed E-state index contributed by atoms with van der Waals surface area (Å²) < 4.78 is 13.2. The number of hydrogen-bond acceptors (Lipinski definition) is 2. The molecule has 2 aromatic rings. The summed E-state index contributed by atoms with van der Waals surface area (Å²) in [5, 5.41) is 0.498. The maximum Gasteiger partial charge on any atom is 0.141 e. The predicted octanol–water partition coefficient (Wildman–Crippen LogP) is 4.85. The van der Waals surface area contributed by atoms with Crippen LogP contribution in [0.15, 0.2) is 18.2 Å². The van der Waals surface area contributed by atoms with E-state index in [4.69, 9.17) is 23.2 Å². The summed E-state index contributed by atoms with van der Waals surface area (Å²) >= 11 is 11.9. The van der Waals surface area contributed by atoms with E-state index in [9.17, 15) is 4.39 Å². The van der Waals surface area contributed by atoms with Crippen LogP contribution in [-0.2, 0) is 6.42 Å². The number of halogens is 3. The lowest BCUT2D eigenvalue weighted by Crippen LogP contribution is -2.00. The maximum absolute atomic E-state index is 13.2. The van der Waals surface area contributed by atoms with E-state index in [0.29, 0.717) is 16.7 Å². The zero-order valence-electron chi connectivity index (χ0n) is 10.7. The Bertz CT molecular complexity index is 615. The fraction of sp³-hybridized carbons (Fsp3) is 0.286. The van der Waals surface area contributed by atoms with Crippen molar-refractivity contribution in [2.75, 3.05) is 0 Å². The number of benzene rings is 1. The molecule has 5 heteroatoms. The molecule has 2 rings (SSSR count). The van der Waals surface area contributed by atoms with Gasteiger partial charge in [-0.05, 0) is 31.5 Å². The van der Waals surface area contributed by atoms with Crippen LogP contribution in [0.2, 0.25) is 10.2 Å². The summed E-state index contributed by atoms with van der Waals surface area (Å²) in [7, 11) is 0. The Morgan fingerprint density at radius 3 is 2.58 bits per heavy atom. The standard InChI is InChI=1S/C14H13Cl2FN2/c1-3-4-12-18-13(8(2)14(16)19-12)9-5-6-11(17)10(15)7-9/h5-7H,3-4H2,1-2H3. The van der Waals surface area contributed by atoms with Gasteiger partial charge in [0, 0.05) is 17.5 Å². The molecule has 100 valence electrons. The van der Waals surface area contributed by atoms with Crippen LogP contribution in [0.4, 0.5) is 4.39 Å². The fourth-order valence-corrected chi connectivity index (χ4v) is 2.16. The Hall–Kier alpha value is -1.19. The van der Waals surface area contributed by atoms with E-state index >= 15 is 0 Å². The number of hydrogen-bond donors (Lipinski definition) is 0. The topological polar surface area (TPSA) is 25.8 Å². The van der Waals surface area contributed by atoms with Crippen LogP contribution in [0, 0.1) is 12.7 Å². The molecule has 0 aliphatic heterocycles. The van der Waals surface area contributed by atoms with E-state index in [1.165, 1.54) is 6.07 Å². The van der Waals surface area contributed by atoms with Crippen LogP contribution in [0.3, 0.4) is 0 Å². The number of rotatable bonds is 3. The first kappa shape index (κ1) is 14.2. The van der Waals surface area contributed by atoms with Crippen LogP contribution in [0.1, 0.15) is 24.7 Å². The summed E-state index contributed by atoms with van der Waals surface area (Å²) in [6.45, 7) is 3.89. The van der Waals surface area contributed by atoms with E-state index in [2.05, 4.69) is 9.97 Å². The molecule has 0 unspecified atom stereocenters. The van der Waals surface area contributed by atoms with Crippen LogP contribution in [0.5, 0.6) is 0 Å². The van der Waals surface area contributed by atoms with Gasteiger partial charge in [-0.1, -0.05) is 30.1 Å². The number of aromatic nitrogens is 2. The molecule has 0 fully saturated rings. The molecule has 1 aromatic carbocycles. The van der Waals surface area contributed by atoms with Crippen LogP contribution >= 0.6 is 23.2 Å². The van der Waals surface area contributed by atoms with Crippen molar-refractivity contribution >= 4 is 23.2 Å². The van der Waals surface area contributed by atoms with Gasteiger partial charge in [0.2, 0.25) is 0 Å². The molecule has 19 heavy (non-hydrogen) atoms. The third kappa shape index (κ3) is 3.04. The first-order valence-electron chi connectivity index (χ1n) is 6.01. The highest BCUT2D eigenvalue weighted by molar-refractivity contribution is 6.31. The van der Waals surface area contributed by atoms with Crippen molar-refractivity contribution in [3.05, 3.63) is 45.6 Å². The summed E-state index contributed by atoms with van der Waals surface area (Å²) in [5.74, 6) is 0.241. The lowest BCUT2D eigenvalue weighted by atomic mass is 10.1. The van der Waals surface area contributed by atoms with Crippen molar-refractivity contribution in [1.29, 1.82) is 0 Å². The smallest absolute Gasteiger partial charge is 0.141 e. The monoisotopic (exact) mass is 298 g/mol. The Balaban J connectivity index is 2.56. The highest BCUT2D eigenvalue weighted by atomic mass is 35.5.